The van der Waals surface area contributed by atoms with Crippen molar-refractivity contribution in [2.75, 3.05) is 6.26 Å². The van der Waals surface area contributed by atoms with Crippen LogP contribution in [0.15, 0.2) is 23.4 Å². The van der Waals surface area contributed by atoms with Crippen molar-refractivity contribution in [1.82, 2.24) is 4.98 Å². The Balaban J connectivity index is 0.000000310. The number of nitrogens with zero attached hydrogens (tertiary/aromatic N) is 1. The Hall–Kier alpha value is -1.23. The zero-order valence-corrected chi connectivity index (χ0v) is 8.21. The lowest BCUT2D eigenvalue weighted by atomic mass is 10.5. The summed E-state index contributed by atoms with van der Waals surface area (Å²) in [7, 11) is 0. The molecule has 0 fully saturated rings. The zero-order valence-electron chi connectivity index (χ0n) is 7.39. The molecule has 13 heavy (non-hydrogen) atoms. The van der Waals surface area contributed by atoms with Gasteiger partial charge in [-0.1, -0.05) is 0 Å². The van der Waals surface area contributed by atoms with Gasteiger partial charge in [-0.15, -0.1) is 11.8 Å². The standard InChI is InChI=1S/C6H7NOS.C2H4O2/c1-9-6-5(8)3-2-4-7-6;1-2(3)4/h2-4,8H,1H3;1H3,(H,3,4). The van der Waals surface area contributed by atoms with Gasteiger partial charge in [0.05, 0.1) is 0 Å². The zero-order chi connectivity index (χ0) is 10.3. The summed E-state index contributed by atoms with van der Waals surface area (Å²) in [6.07, 6.45) is 3.54. The second kappa shape index (κ2) is 6.30. The van der Waals surface area contributed by atoms with E-state index in [4.69, 9.17) is 15.0 Å². The Kier molecular flexibility index (Phi) is 5.71. The number of aliphatic carboxylic acids is 1. The molecule has 0 atom stereocenters. The molecule has 5 heteroatoms. The number of carbonyl (C=O) groups is 1. The molecule has 0 radical (unpaired) electrons. The lowest BCUT2D eigenvalue weighted by Gasteiger charge is -1.95. The second-order valence-corrected chi connectivity index (χ2v) is 2.85. The van der Waals surface area contributed by atoms with Crippen molar-refractivity contribution in [3.05, 3.63) is 18.3 Å². The van der Waals surface area contributed by atoms with Crippen molar-refractivity contribution >= 4 is 17.7 Å². The van der Waals surface area contributed by atoms with E-state index in [0.29, 0.717) is 5.03 Å². The molecular formula is C8H11NO3S. The highest BCUT2D eigenvalue weighted by Gasteiger charge is 1.95. The summed E-state index contributed by atoms with van der Waals surface area (Å²) < 4.78 is 0. The quantitative estimate of drug-likeness (QED) is 0.675. The normalized spacial score (nSPS) is 8.46. The number of carboxylic acids is 1. The van der Waals surface area contributed by atoms with E-state index in [1.54, 1.807) is 18.3 Å². The van der Waals surface area contributed by atoms with Gasteiger partial charge in [-0.3, -0.25) is 4.79 Å². The maximum Gasteiger partial charge on any atom is 0.300 e. The van der Waals surface area contributed by atoms with E-state index in [-0.39, 0.29) is 5.75 Å². The van der Waals surface area contributed by atoms with Crippen molar-refractivity contribution in [1.29, 1.82) is 0 Å². The predicted molar refractivity (Wildman–Crippen MR) is 51.0 cm³/mol. The molecule has 2 N–H and O–H groups in total. The molecule has 0 spiro atoms. The van der Waals surface area contributed by atoms with Crippen LogP contribution in [0.3, 0.4) is 0 Å². The Morgan fingerprint density at radius 3 is 2.46 bits per heavy atom. The number of hydrogen-bond donors (Lipinski definition) is 2. The van der Waals surface area contributed by atoms with E-state index in [0.717, 1.165) is 6.92 Å². The SMILES string of the molecule is CC(=O)O.CSc1ncccc1O. The Bertz CT molecular complexity index is 274. The monoisotopic (exact) mass is 201 g/mol. The molecule has 0 saturated heterocycles. The van der Waals surface area contributed by atoms with Crippen LogP contribution < -0.4 is 0 Å². The van der Waals surface area contributed by atoms with Crippen molar-refractivity contribution in [3.8, 4) is 5.75 Å². The Morgan fingerprint density at radius 1 is 1.62 bits per heavy atom. The molecule has 4 nitrogen and oxygen atoms in total. The number of carboxylic acid groups (broad SMARTS) is 1. The molecule has 72 valence electrons. The van der Waals surface area contributed by atoms with Gasteiger partial charge in [0, 0.05) is 13.1 Å². The van der Waals surface area contributed by atoms with Crippen LogP contribution in [-0.2, 0) is 4.79 Å². The van der Waals surface area contributed by atoms with Crippen molar-refractivity contribution in [3.63, 3.8) is 0 Å². The summed E-state index contributed by atoms with van der Waals surface area (Å²) in [5.41, 5.74) is 0. The average Bonchev–Trinajstić information content (AvgIpc) is 2.04. The van der Waals surface area contributed by atoms with Crippen LogP contribution in [-0.4, -0.2) is 27.4 Å². The fraction of sp³-hybridized carbons (Fsp3) is 0.250. The Morgan fingerprint density at radius 2 is 2.15 bits per heavy atom. The summed E-state index contributed by atoms with van der Waals surface area (Å²) in [4.78, 5) is 12.9. The largest absolute Gasteiger partial charge is 0.505 e. The highest BCUT2D eigenvalue weighted by Crippen LogP contribution is 2.21. The molecule has 1 aromatic rings. The number of hydrogen-bond acceptors (Lipinski definition) is 4. The number of rotatable bonds is 1. The molecule has 0 unspecified atom stereocenters. The maximum atomic E-state index is 9.03. The van der Waals surface area contributed by atoms with Gasteiger partial charge in [-0.2, -0.15) is 0 Å². The van der Waals surface area contributed by atoms with Gasteiger partial charge in [-0.25, -0.2) is 4.98 Å². The fourth-order valence-corrected chi connectivity index (χ4v) is 0.983. The highest BCUT2D eigenvalue weighted by atomic mass is 32.2. The van der Waals surface area contributed by atoms with Gasteiger partial charge in [0.25, 0.3) is 5.97 Å². The van der Waals surface area contributed by atoms with E-state index in [1.807, 2.05) is 6.26 Å². The molecule has 1 heterocycles. The molecule has 0 aliphatic carbocycles. The van der Waals surface area contributed by atoms with Crippen molar-refractivity contribution < 1.29 is 15.0 Å². The number of thioether (sulfide) groups is 1. The first-order valence-electron chi connectivity index (χ1n) is 3.45. The number of aromatic hydroxyl groups is 1. The number of pyridine rings is 1. The van der Waals surface area contributed by atoms with Crippen LogP contribution in [0.4, 0.5) is 0 Å². The van der Waals surface area contributed by atoms with E-state index < -0.39 is 5.97 Å². The molecule has 0 aromatic carbocycles. The first kappa shape index (κ1) is 11.8. The van der Waals surface area contributed by atoms with E-state index in [1.165, 1.54) is 11.8 Å². The third-order valence-corrected chi connectivity index (χ3v) is 1.65. The van der Waals surface area contributed by atoms with Gasteiger partial charge in [0.15, 0.2) is 0 Å². The van der Waals surface area contributed by atoms with Crippen LogP contribution >= 0.6 is 11.8 Å². The van der Waals surface area contributed by atoms with Crippen LogP contribution in [0, 0.1) is 0 Å². The summed E-state index contributed by atoms with van der Waals surface area (Å²) >= 11 is 1.43. The smallest absolute Gasteiger partial charge is 0.300 e. The molecule has 1 aromatic heterocycles. The lowest BCUT2D eigenvalue weighted by molar-refractivity contribution is -0.134. The van der Waals surface area contributed by atoms with Gasteiger partial charge >= 0.3 is 0 Å². The van der Waals surface area contributed by atoms with Crippen LogP contribution in [0.2, 0.25) is 0 Å². The van der Waals surface area contributed by atoms with Crippen LogP contribution in [0.1, 0.15) is 6.92 Å². The minimum atomic E-state index is -0.833. The van der Waals surface area contributed by atoms with Gasteiger partial charge in [-0.05, 0) is 18.4 Å². The van der Waals surface area contributed by atoms with Crippen LogP contribution in [0.5, 0.6) is 5.75 Å². The summed E-state index contributed by atoms with van der Waals surface area (Å²) in [5.74, 6) is -0.579. The first-order valence-corrected chi connectivity index (χ1v) is 4.68. The molecule has 0 amide bonds. The average molecular weight is 201 g/mol. The second-order valence-electron chi connectivity index (χ2n) is 2.05. The Labute approximate surface area is 80.6 Å². The summed E-state index contributed by atoms with van der Waals surface area (Å²) in [6, 6.07) is 3.33. The van der Waals surface area contributed by atoms with Crippen LogP contribution in [0.25, 0.3) is 0 Å². The molecule has 0 saturated carbocycles. The molecule has 0 aliphatic heterocycles. The first-order chi connectivity index (χ1) is 6.07. The fourth-order valence-electron chi connectivity index (χ4n) is 0.540. The van der Waals surface area contributed by atoms with Crippen molar-refractivity contribution in [2.45, 2.75) is 11.9 Å². The minimum absolute atomic E-state index is 0.255. The van der Waals surface area contributed by atoms with E-state index >= 15 is 0 Å². The number of aromatic nitrogens is 1. The van der Waals surface area contributed by atoms with Gasteiger partial charge < -0.3 is 10.2 Å². The van der Waals surface area contributed by atoms with Gasteiger partial charge in [0.1, 0.15) is 10.8 Å². The summed E-state index contributed by atoms with van der Waals surface area (Å²) in [6.45, 7) is 1.08. The third kappa shape index (κ3) is 5.98. The topological polar surface area (TPSA) is 70.4 Å². The predicted octanol–water partition coefficient (Wildman–Crippen LogP) is 1.60. The van der Waals surface area contributed by atoms with Crippen molar-refractivity contribution in [2.24, 2.45) is 0 Å². The van der Waals surface area contributed by atoms with E-state index in [9.17, 15) is 0 Å². The minimum Gasteiger partial charge on any atom is -0.505 e. The molecule has 0 aliphatic rings. The lowest BCUT2D eigenvalue weighted by Crippen LogP contribution is -1.78. The van der Waals surface area contributed by atoms with Gasteiger partial charge in [0.2, 0.25) is 0 Å². The molecule has 0 bridgehead atoms. The molecule has 1 rings (SSSR count). The highest BCUT2D eigenvalue weighted by molar-refractivity contribution is 7.98. The summed E-state index contributed by atoms with van der Waals surface area (Å²) in [5, 5.41) is 17.1. The molecular weight excluding hydrogens is 190 g/mol. The third-order valence-electron chi connectivity index (χ3n) is 0.944. The van der Waals surface area contributed by atoms with E-state index in [2.05, 4.69) is 4.98 Å². The maximum absolute atomic E-state index is 9.03.